The summed E-state index contributed by atoms with van der Waals surface area (Å²) in [7, 11) is 3.25. The maximum absolute atomic E-state index is 9.13. The van der Waals surface area contributed by atoms with Crippen LogP contribution in [-0.2, 0) is 6.54 Å². The first-order chi connectivity index (χ1) is 6.54. The van der Waals surface area contributed by atoms with E-state index in [4.69, 9.17) is 9.94 Å². The summed E-state index contributed by atoms with van der Waals surface area (Å²) in [5.41, 5.74) is 2.07. The van der Waals surface area contributed by atoms with Crippen LogP contribution in [-0.4, -0.2) is 24.4 Å². The molecule has 0 aliphatic rings. The quantitative estimate of drug-likeness (QED) is 0.848. The van der Waals surface area contributed by atoms with Crippen molar-refractivity contribution in [2.45, 2.75) is 13.5 Å². The molecule has 0 bridgehead atoms. The number of halogens is 1. The van der Waals surface area contributed by atoms with E-state index in [1.165, 1.54) is 0 Å². The maximum atomic E-state index is 9.13. The SMILES string of the molecule is COc1cc(CN(C)O)c(Br)cc1C. The Morgan fingerprint density at radius 2 is 2.14 bits per heavy atom. The van der Waals surface area contributed by atoms with Crippen molar-refractivity contribution in [3.63, 3.8) is 0 Å². The van der Waals surface area contributed by atoms with Crippen LogP contribution in [0.25, 0.3) is 0 Å². The molecule has 78 valence electrons. The second-order valence-electron chi connectivity index (χ2n) is 3.23. The number of hydrogen-bond acceptors (Lipinski definition) is 3. The molecule has 0 unspecified atom stereocenters. The van der Waals surface area contributed by atoms with E-state index in [1.54, 1.807) is 14.2 Å². The highest BCUT2D eigenvalue weighted by Gasteiger charge is 2.07. The van der Waals surface area contributed by atoms with Gasteiger partial charge in [0.25, 0.3) is 0 Å². The lowest BCUT2D eigenvalue weighted by Crippen LogP contribution is -2.12. The van der Waals surface area contributed by atoms with Crippen molar-refractivity contribution in [2.75, 3.05) is 14.2 Å². The summed E-state index contributed by atoms with van der Waals surface area (Å²) < 4.78 is 6.18. The summed E-state index contributed by atoms with van der Waals surface area (Å²) in [6.45, 7) is 2.45. The van der Waals surface area contributed by atoms with Gasteiger partial charge in [-0.25, -0.2) is 0 Å². The van der Waals surface area contributed by atoms with E-state index in [1.807, 2.05) is 19.1 Å². The number of nitrogens with zero attached hydrogens (tertiary/aromatic N) is 1. The second kappa shape index (κ2) is 4.77. The lowest BCUT2D eigenvalue weighted by atomic mass is 10.1. The third-order valence-electron chi connectivity index (χ3n) is 1.96. The van der Waals surface area contributed by atoms with E-state index in [9.17, 15) is 0 Å². The Balaban J connectivity index is 3.04. The normalized spacial score (nSPS) is 10.7. The lowest BCUT2D eigenvalue weighted by molar-refractivity contribution is -0.0733. The summed E-state index contributed by atoms with van der Waals surface area (Å²) in [6.07, 6.45) is 0. The molecule has 0 saturated heterocycles. The van der Waals surface area contributed by atoms with Gasteiger partial charge in [0, 0.05) is 18.1 Å². The van der Waals surface area contributed by atoms with Gasteiger partial charge in [-0.15, -0.1) is 0 Å². The molecular weight excluding hydrogens is 246 g/mol. The third kappa shape index (κ3) is 2.70. The predicted molar refractivity (Wildman–Crippen MR) is 58.7 cm³/mol. The minimum Gasteiger partial charge on any atom is -0.496 e. The smallest absolute Gasteiger partial charge is 0.122 e. The number of ether oxygens (including phenoxy) is 1. The van der Waals surface area contributed by atoms with Crippen molar-refractivity contribution in [2.24, 2.45) is 0 Å². The molecule has 3 nitrogen and oxygen atoms in total. The summed E-state index contributed by atoms with van der Waals surface area (Å²) in [5.74, 6) is 0.838. The molecule has 1 N–H and O–H groups in total. The van der Waals surface area contributed by atoms with Crippen molar-refractivity contribution in [3.8, 4) is 5.75 Å². The van der Waals surface area contributed by atoms with Crippen LogP contribution < -0.4 is 4.74 Å². The molecule has 1 aromatic rings. The van der Waals surface area contributed by atoms with Crippen LogP contribution in [0.5, 0.6) is 5.75 Å². The first-order valence-electron chi connectivity index (χ1n) is 4.27. The van der Waals surface area contributed by atoms with Gasteiger partial charge in [0.05, 0.1) is 7.11 Å². The Kier molecular flexibility index (Phi) is 3.92. The van der Waals surface area contributed by atoms with Gasteiger partial charge < -0.3 is 9.94 Å². The fourth-order valence-electron chi connectivity index (χ4n) is 1.28. The van der Waals surface area contributed by atoms with Gasteiger partial charge in [-0.3, -0.25) is 0 Å². The van der Waals surface area contributed by atoms with Gasteiger partial charge in [-0.05, 0) is 30.2 Å². The summed E-state index contributed by atoms with van der Waals surface area (Å²) in [4.78, 5) is 0. The van der Waals surface area contributed by atoms with Crippen molar-refractivity contribution in [3.05, 3.63) is 27.7 Å². The molecule has 0 amide bonds. The zero-order chi connectivity index (χ0) is 10.7. The fraction of sp³-hybridized carbons (Fsp3) is 0.400. The molecule has 0 aromatic heterocycles. The Morgan fingerprint density at radius 1 is 1.50 bits per heavy atom. The van der Waals surface area contributed by atoms with Crippen molar-refractivity contribution < 1.29 is 9.94 Å². The van der Waals surface area contributed by atoms with Gasteiger partial charge in [-0.2, -0.15) is 5.06 Å². The van der Waals surface area contributed by atoms with Crippen LogP contribution in [0.4, 0.5) is 0 Å². The standard InChI is InChI=1S/C10H14BrNO2/c1-7-4-9(11)8(6-12(2)13)5-10(7)14-3/h4-5,13H,6H2,1-3H3. The molecule has 0 saturated carbocycles. The van der Waals surface area contributed by atoms with Crippen molar-refractivity contribution in [1.82, 2.24) is 5.06 Å². The monoisotopic (exact) mass is 259 g/mol. The zero-order valence-corrected chi connectivity index (χ0v) is 10.1. The van der Waals surface area contributed by atoms with E-state index >= 15 is 0 Å². The molecule has 1 aromatic carbocycles. The molecule has 0 aliphatic heterocycles. The van der Waals surface area contributed by atoms with E-state index in [-0.39, 0.29) is 0 Å². The van der Waals surface area contributed by atoms with Crippen LogP contribution in [0.3, 0.4) is 0 Å². The average molecular weight is 260 g/mol. The Bertz CT molecular complexity index is 326. The summed E-state index contributed by atoms with van der Waals surface area (Å²) in [6, 6.07) is 3.91. The average Bonchev–Trinajstić information content (AvgIpc) is 2.09. The summed E-state index contributed by atoms with van der Waals surface area (Å²) >= 11 is 3.45. The molecule has 0 radical (unpaired) electrons. The minimum absolute atomic E-state index is 0.469. The van der Waals surface area contributed by atoms with Gasteiger partial charge in [0.1, 0.15) is 5.75 Å². The number of methoxy groups -OCH3 is 1. The Hall–Kier alpha value is -0.580. The molecule has 1 rings (SSSR count). The molecule has 0 atom stereocenters. The van der Waals surface area contributed by atoms with Crippen molar-refractivity contribution >= 4 is 15.9 Å². The predicted octanol–water partition coefficient (Wildman–Crippen LogP) is 2.59. The van der Waals surface area contributed by atoms with Gasteiger partial charge in [0.2, 0.25) is 0 Å². The summed E-state index contributed by atoms with van der Waals surface area (Å²) in [5, 5.41) is 10.3. The fourth-order valence-corrected chi connectivity index (χ4v) is 1.87. The minimum atomic E-state index is 0.469. The van der Waals surface area contributed by atoms with Crippen molar-refractivity contribution in [1.29, 1.82) is 0 Å². The van der Waals surface area contributed by atoms with E-state index < -0.39 is 0 Å². The maximum Gasteiger partial charge on any atom is 0.122 e. The number of benzene rings is 1. The molecule has 4 heteroatoms. The first-order valence-corrected chi connectivity index (χ1v) is 5.07. The van der Waals surface area contributed by atoms with Crippen LogP contribution in [0.2, 0.25) is 0 Å². The molecule has 0 fully saturated rings. The van der Waals surface area contributed by atoms with E-state index in [2.05, 4.69) is 15.9 Å². The molecule has 0 heterocycles. The lowest BCUT2D eigenvalue weighted by Gasteiger charge is -2.13. The third-order valence-corrected chi connectivity index (χ3v) is 2.70. The molecule has 14 heavy (non-hydrogen) atoms. The topological polar surface area (TPSA) is 32.7 Å². The van der Waals surface area contributed by atoms with Crippen LogP contribution in [0.15, 0.2) is 16.6 Å². The van der Waals surface area contributed by atoms with E-state index in [0.717, 1.165) is 26.4 Å². The number of hydrogen-bond donors (Lipinski definition) is 1. The van der Waals surface area contributed by atoms with Gasteiger partial charge >= 0.3 is 0 Å². The largest absolute Gasteiger partial charge is 0.496 e. The highest BCUT2D eigenvalue weighted by atomic mass is 79.9. The molecule has 0 aliphatic carbocycles. The molecule has 0 spiro atoms. The number of aryl methyl sites for hydroxylation is 1. The van der Waals surface area contributed by atoms with Crippen LogP contribution >= 0.6 is 15.9 Å². The Morgan fingerprint density at radius 3 is 2.64 bits per heavy atom. The van der Waals surface area contributed by atoms with Gasteiger partial charge in [-0.1, -0.05) is 15.9 Å². The number of rotatable bonds is 3. The van der Waals surface area contributed by atoms with Crippen LogP contribution in [0.1, 0.15) is 11.1 Å². The van der Waals surface area contributed by atoms with Crippen LogP contribution in [0, 0.1) is 6.92 Å². The molecular formula is C10H14BrNO2. The highest BCUT2D eigenvalue weighted by Crippen LogP contribution is 2.27. The zero-order valence-electron chi connectivity index (χ0n) is 8.54. The van der Waals surface area contributed by atoms with E-state index in [0.29, 0.717) is 6.54 Å². The highest BCUT2D eigenvalue weighted by molar-refractivity contribution is 9.10. The Labute approximate surface area is 92.4 Å². The van der Waals surface area contributed by atoms with Gasteiger partial charge in [0.15, 0.2) is 0 Å². The first kappa shape index (κ1) is 11.5. The second-order valence-corrected chi connectivity index (χ2v) is 4.08. The number of hydroxylamine groups is 2.